The molecule has 3 N–H and O–H groups in total. The Morgan fingerprint density at radius 1 is 1.15 bits per heavy atom. The highest BCUT2D eigenvalue weighted by Crippen LogP contribution is 2.32. The van der Waals surface area contributed by atoms with Crippen molar-refractivity contribution < 1.29 is 4.79 Å². The van der Waals surface area contributed by atoms with Gasteiger partial charge in [-0.05, 0) is 43.4 Å². The summed E-state index contributed by atoms with van der Waals surface area (Å²) in [5.41, 5.74) is 7.71. The molecule has 3 rings (SSSR count). The van der Waals surface area contributed by atoms with Crippen molar-refractivity contribution in [3.05, 3.63) is 29.8 Å². The van der Waals surface area contributed by atoms with Crippen LogP contribution in [0.15, 0.2) is 24.3 Å². The Morgan fingerprint density at radius 2 is 1.80 bits per heavy atom. The van der Waals surface area contributed by atoms with Gasteiger partial charge in [0.05, 0.1) is 0 Å². The van der Waals surface area contributed by atoms with Gasteiger partial charge >= 0.3 is 6.03 Å². The summed E-state index contributed by atoms with van der Waals surface area (Å²) in [7, 11) is 0. The lowest BCUT2D eigenvalue weighted by atomic mass is 10.2. The maximum Gasteiger partial charge on any atom is 0.322 e. The second-order valence-electron chi connectivity index (χ2n) is 5.90. The van der Waals surface area contributed by atoms with Crippen molar-refractivity contribution in [3.8, 4) is 0 Å². The number of carbonyl (C=O) groups is 1. The SMILES string of the molecule is NCc1ccc(N(C(=O)NC2CCCC2)C2CC2)cc1. The Morgan fingerprint density at radius 3 is 2.35 bits per heavy atom. The molecule has 2 fully saturated rings. The molecule has 4 nitrogen and oxygen atoms in total. The maximum absolute atomic E-state index is 12.5. The van der Waals surface area contributed by atoms with Gasteiger partial charge in [-0.3, -0.25) is 4.90 Å². The lowest BCUT2D eigenvalue weighted by molar-refractivity contribution is 0.242. The van der Waals surface area contributed by atoms with Crippen molar-refractivity contribution in [2.75, 3.05) is 4.90 Å². The van der Waals surface area contributed by atoms with Gasteiger partial charge in [0.2, 0.25) is 0 Å². The third kappa shape index (κ3) is 2.96. The Hall–Kier alpha value is -1.55. The van der Waals surface area contributed by atoms with Gasteiger partial charge in [0, 0.05) is 24.3 Å². The molecule has 0 aliphatic heterocycles. The summed E-state index contributed by atoms with van der Waals surface area (Å²) in [6.07, 6.45) is 6.93. The largest absolute Gasteiger partial charge is 0.335 e. The molecule has 0 bridgehead atoms. The van der Waals surface area contributed by atoms with Crippen LogP contribution in [-0.2, 0) is 6.54 Å². The van der Waals surface area contributed by atoms with E-state index in [0.717, 1.165) is 36.9 Å². The van der Waals surface area contributed by atoms with E-state index >= 15 is 0 Å². The van der Waals surface area contributed by atoms with E-state index in [-0.39, 0.29) is 6.03 Å². The van der Waals surface area contributed by atoms with Crippen LogP contribution < -0.4 is 16.0 Å². The fraction of sp³-hybridized carbons (Fsp3) is 0.562. The van der Waals surface area contributed by atoms with E-state index < -0.39 is 0 Å². The molecule has 0 radical (unpaired) electrons. The molecule has 0 aromatic heterocycles. The topological polar surface area (TPSA) is 58.4 Å². The van der Waals surface area contributed by atoms with Gasteiger partial charge in [-0.1, -0.05) is 25.0 Å². The van der Waals surface area contributed by atoms with Crippen molar-refractivity contribution in [1.82, 2.24) is 5.32 Å². The molecular formula is C16H23N3O. The minimum Gasteiger partial charge on any atom is -0.335 e. The summed E-state index contributed by atoms with van der Waals surface area (Å²) >= 11 is 0. The van der Waals surface area contributed by atoms with Crippen LogP contribution in [0.1, 0.15) is 44.1 Å². The fourth-order valence-electron chi connectivity index (χ4n) is 2.93. The van der Waals surface area contributed by atoms with Gasteiger partial charge in [-0.25, -0.2) is 4.79 Å². The van der Waals surface area contributed by atoms with Gasteiger partial charge in [-0.2, -0.15) is 0 Å². The number of hydrogen-bond acceptors (Lipinski definition) is 2. The minimum atomic E-state index is 0.0694. The van der Waals surface area contributed by atoms with E-state index in [0.29, 0.717) is 18.6 Å². The van der Waals surface area contributed by atoms with Crippen molar-refractivity contribution >= 4 is 11.7 Å². The molecule has 4 heteroatoms. The number of rotatable bonds is 4. The van der Waals surface area contributed by atoms with E-state index in [1.54, 1.807) is 0 Å². The average molecular weight is 273 g/mol. The monoisotopic (exact) mass is 273 g/mol. The standard InChI is InChI=1S/C16H23N3O/c17-11-12-5-7-14(8-6-12)19(15-9-10-15)16(20)18-13-3-1-2-4-13/h5-8,13,15H,1-4,9-11,17H2,(H,18,20). The Kier molecular flexibility index (Phi) is 3.92. The zero-order chi connectivity index (χ0) is 13.9. The van der Waals surface area contributed by atoms with Gasteiger partial charge in [0.1, 0.15) is 0 Å². The van der Waals surface area contributed by atoms with Crippen LogP contribution in [-0.4, -0.2) is 18.1 Å². The number of hydrogen-bond donors (Lipinski definition) is 2. The minimum absolute atomic E-state index is 0.0694. The number of carbonyl (C=O) groups excluding carboxylic acids is 1. The summed E-state index contributed by atoms with van der Waals surface area (Å²) in [5, 5.41) is 3.19. The first kappa shape index (κ1) is 13.4. The predicted octanol–water partition coefficient (Wildman–Crippen LogP) is 2.77. The van der Waals surface area contributed by atoms with Gasteiger partial charge < -0.3 is 11.1 Å². The van der Waals surface area contributed by atoms with Gasteiger partial charge in [0.15, 0.2) is 0 Å². The highest BCUT2D eigenvalue weighted by Gasteiger charge is 2.34. The van der Waals surface area contributed by atoms with Gasteiger partial charge in [0.25, 0.3) is 0 Å². The van der Waals surface area contributed by atoms with E-state index in [1.807, 2.05) is 29.2 Å². The highest BCUT2D eigenvalue weighted by molar-refractivity contribution is 5.93. The van der Waals surface area contributed by atoms with Crippen molar-refractivity contribution in [2.24, 2.45) is 5.73 Å². The summed E-state index contributed by atoms with van der Waals surface area (Å²) in [6, 6.07) is 8.84. The Bertz CT molecular complexity index is 461. The number of benzene rings is 1. The number of nitrogens with one attached hydrogen (secondary N) is 1. The molecule has 0 saturated heterocycles. The third-order valence-electron chi connectivity index (χ3n) is 4.26. The van der Waals surface area contributed by atoms with Crippen LogP contribution in [0.4, 0.5) is 10.5 Å². The van der Waals surface area contributed by atoms with Crippen LogP contribution in [0.2, 0.25) is 0 Å². The molecule has 0 heterocycles. The van der Waals surface area contributed by atoms with E-state index in [4.69, 9.17) is 5.73 Å². The van der Waals surface area contributed by atoms with E-state index in [1.165, 1.54) is 12.8 Å². The molecule has 1 aromatic carbocycles. The number of anilines is 1. The predicted molar refractivity (Wildman–Crippen MR) is 80.6 cm³/mol. The molecule has 2 aliphatic rings. The van der Waals surface area contributed by atoms with E-state index in [9.17, 15) is 4.79 Å². The number of nitrogens with two attached hydrogens (primary N) is 1. The quantitative estimate of drug-likeness (QED) is 0.886. The second-order valence-corrected chi connectivity index (χ2v) is 5.90. The summed E-state index contributed by atoms with van der Waals surface area (Å²) < 4.78 is 0. The van der Waals surface area contributed by atoms with Crippen LogP contribution in [0.5, 0.6) is 0 Å². The smallest absolute Gasteiger partial charge is 0.322 e. The molecular weight excluding hydrogens is 250 g/mol. The number of amides is 2. The summed E-state index contributed by atoms with van der Waals surface area (Å²) in [6.45, 7) is 0.540. The first-order chi connectivity index (χ1) is 9.78. The van der Waals surface area contributed by atoms with Crippen molar-refractivity contribution in [2.45, 2.75) is 57.2 Å². The molecule has 0 unspecified atom stereocenters. The molecule has 1 aromatic rings. The highest BCUT2D eigenvalue weighted by atomic mass is 16.2. The van der Waals surface area contributed by atoms with Crippen molar-refractivity contribution in [1.29, 1.82) is 0 Å². The molecule has 0 atom stereocenters. The Labute approximate surface area is 120 Å². The summed E-state index contributed by atoms with van der Waals surface area (Å²) in [4.78, 5) is 14.5. The lowest BCUT2D eigenvalue weighted by Crippen LogP contribution is -2.45. The second kappa shape index (κ2) is 5.83. The van der Waals surface area contributed by atoms with Crippen LogP contribution in [0.3, 0.4) is 0 Å². The number of urea groups is 1. The molecule has 2 aliphatic carbocycles. The van der Waals surface area contributed by atoms with Crippen LogP contribution >= 0.6 is 0 Å². The molecule has 2 saturated carbocycles. The zero-order valence-electron chi connectivity index (χ0n) is 11.8. The van der Waals surface area contributed by atoms with Gasteiger partial charge in [-0.15, -0.1) is 0 Å². The molecule has 0 spiro atoms. The van der Waals surface area contributed by atoms with E-state index in [2.05, 4.69) is 5.32 Å². The Balaban J connectivity index is 1.72. The normalized spacial score (nSPS) is 19.1. The first-order valence-corrected chi connectivity index (χ1v) is 7.66. The number of nitrogens with zero attached hydrogens (tertiary/aromatic N) is 1. The molecule has 20 heavy (non-hydrogen) atoms. The molecule has 2 amide bonds. The van der Waals surface area contributed by atoms with Crippen LogP contribution in [0.25, 0.3) is 0 Å². The molecule has 108 valence electrons. The van der Waals surface area contributed by atoms with Crippen LogP contribution in [0, 0.1) is 0 Å². The maximum atomic E-state index is 12.5. The lowest BCUT2D eigenvalue weighted by Gasteiger charge is -2.25. The fourth-order valence-corrected chi connectivity index (χ4v) is 2.93. The van der Waals surface area contributed by atoms with Crippen molar-refractivity contribution in [3.63, 3.8) is 0 Å². The summed E-state index contributed by atoms with van der Waals surface area (Å²) in [5.74, 6) is 0. The third-order valence-corrected chi connectivity index (χ3v) is 4.26. The zero-order valence-corrected chi connectivity index (χ0v) is 11.8. The first-order valence-electron chi connectivity index (χ1n) is 7.66. The average Bonchev–Trinajstić information content (AvgIpc) is 3.16.